The van der Waals surface area contributed by atoms with Gasteiger partial charge in [-0.15, -0.1) is 0 Å². The topological polar surface area (TPSA) is 63.4 Å². The van der Waals surface area contributed by atoms with E-state index in [1.807, 2.05) is 20.8 Å². The molecule has 4 nitrogen and oxygen atoms in total. The Morgan fingerprint density at radius 3 is 2.22 bits per heavy atom. The molecule has 0 bridgehead atoms. The van der Waals surface area contributed by atoms with E-state index in [9.17, 15) is 9.59 Å². The summed E-state index contributed by atoms with van der Waals surface area (Å²) >= 11 is 0. The minimum absolute atomic E-state index is 0.207. The number of imide groups is 1. The molecule has 0 saturated heterocycles. The maximum absolute atomic E-state index is 12.4. The largest absolute Gasteiger partial charge is 0.399 e. The predicted molar refractivity (Wildman–Crippen MR) is 70.3 cm³/mol. The van der Waals surface area contributed by atoms with Crippen LogP contribution < -0.4 is 5.73 Å². The highest BCUT2D eigenvalue weighted by atomic mass is 16.2. The van der Waals surface area contributed by atoms with E-state index in [0.717, 1.165) is 12.8 Å². The summed E-state index contributed by atoms with van der Waals surface area (Å²) in [5.41, 5.74) is 6.64. The lowest BCUT2D eigenvalue weighted by molar-refractivity contribution is 0.0435. The average Bonchev–Trinajstić information content (AvgIpc) is 2.61. The first-order valence-corrected chi connectivity index (χ1v) is 6.23. The van der Waals surface area contributed by atoms with Crippen molar-refractivity contribution in [1.82, 2.24) is 4.90 Å². The van der Waals surface area contributed by atoms with E-state index in [1.54, 1.807) is 18.2 Å². The fourth-order valence-corrected chi connectivity index (χ4v) is 2.31. The second-order valence-electron chi connectivity index (χ2n) is 4.95. The number of amides is 2. The fraction of sp³-hybridized carbons (Fsp3) is 0.429. The molecule has 4 heteroatoms. The molecule has 0 fully saturated rings. The second-order valence-corrected chi connectivity index (χ2v) is 4.95. The van der Waals surface area contributed by atoms with Crippen LogP contribution >= 0.6 is 0 Å². The fourth-order valence-electron chi connectivity index (χ4n) is 2.31. The maximum atomic E-state index is 12.4. The number of anilines is 1. The molecule has 1 heterocycles. The Bertz CT molecular complexity index is 519. The maximum Gasteiger partial charge on any atom is 0.262 e. The molecular weight excluding hydrogens is 228 g/mol. The summed E-state index contributed by atoms with van der Waals surface area (Å²) < 4.78 is 0. The van der Waals surface area contributed by atoms with E-state index in [0.29, 0.717) is 16.8 Å². The molecule has 0 aromatic heterocycles. The van der Waals surface area contributed by atoms with Crippen LogP contribution in [0, 0.1) is 0 Å². The molecule has 0 spiro atoms. The number of hydrogen-bond donors (Lipinski definition) is 1. The summed E-state index contributed by atoms with van der Waals surface area (Å²) in [5, 5.41) is 0. The van der Waals surface area contributed by atoms with Crippen LogP contribution in [-0.4, -0.2) is 22.3 Å². The van der Waals surface area contributed by atoms with Gasteiger partial charge in [0.15, 0.2) is 0 Å². The SMILES string of the molecule is CCC(C)(CC)N1C(=O)c2ccc(N)cc2C1=O. The summed E-state index contributed by atoms with van der Waals surface area (Å²) in [5.74, 6) is -0.435. The summed E-state index contributed by atoms with van der Waals surface area (Å²) in [6, 6.07) is 4.88. The molecule has 1 aliphatic rings. The Kier molecular flexibility index (Phi) is 2.89. The molecular formula is C14H18N2O2. The normalized spacial score (nSPS) is 15.2. The number of benzene rings is 1. The van der Waals surface area contributed by atoms with Gasteiger partial charge in [0, 0.05) is 11.2 Å². The molecule has 0 radical (unpaired) electrons. The molecule has 1 aliphatic heterocycles. The first-order chi connectivity index (χ1) is 8.44. The highest BCUT2D eigenvalue weighted by Crippen LogP contribution is 2.33. The third-order valence-corrected chi connectivity index (χ3v) is 3.97. The summed E-state index contributed by atoms with van der Waals surface area (Å²) in [4.78, 5) is 26.1. The van der Waals surface area contributed by atoms with E-state index in [4.69, 9.17) is 5.73 Å². The van der Waals surface area contributed by atoms with Crippen molar-refractivity contribution in [3.63, 3.8) is 0 Å². The van der Waals surface area contributed by atoms with Gasteiger partial charge in [-0.25, -0.2) is 0 Å². The van der Waals surface area contributed by atoms with Gasteiger partial charge in [0.1, 0.15) is 0 Å². The first-order valence-electron chi connectivity index (χ1n) is 6.23. The van der Waals surface area contributed by atoms with Gasteiger partial charge in [-0.05, 0) is 38.0 Å². The zero-order valence-electron chi connectivity index (χ0n) is 11.0. The lowest BCUT2D eigenvalue weighted by Crippen LogP contribution is -2.48. The van der Waals surface area contributed by atoms with Crippen LogP contribution in [0.5, 0.6) is 0 Å². The summed E-state index contributed by atoms with van der Waals surface area (Å²) in [7, 11) is 0. The van der Waals surface area contributed by atoms with Crippen LogP contribution in [0.25, 0.3) is 0 Å². The van der Waals surface area contributed by atoms with Crippen LogP contribution in [-0.2, 0) is 0 Å². The minimum atomic E-state index is -0.429. The zero-order valence-corrected chi connectivity index (χ0v) is 11.0. The number of carbonyl (C=O) groups is 2. The summed E-state index contributed by atoms with van der Waals surface area (Å²) in [6.45, 7) is 5.92. The molecule has 0 atom stereocenters. The monoisotopic (exact) mass is 246 g/mol. The van der Waals surface area contributed by atoms with Crippen molar-refractivity contribution in [2.24, 2.45) is 0 Å². The van der Waals surface area contributed by atoms with Crippen LogP contribution in [0.4, 0.5) is 5.69 Å². The Morgan fingerprint density at radius 1 is 1.11 bits per heavy atom. The van der Waals surface area contributed by atoms with Gasteiger partial charge in [0.05, 0.1) is 11.1 Å². The molecule has 0 unspecified atom stereocenters. The Balaban J connectivity index is 2.52. The standard InChI is InChI=1S/C14H18N2O2/c1-4-14(3,5-2)16-12(17)10-7-6-9(15)8-11(10)13(16)18/h6-8H,4-5,15H2,1-3H3. The smallest absolute Gasteiger partial charge is 0.262 e. The molecule has 96 valence electrons. The third kappa shape index (κ3) is 1.60. The lowest BCUT2D eigenvalue weighted by Gasteiger charge is -2.35. The molecule has 0 aliphatic carbocycles. The van der Waals surface area contributed by atoms with Crippen LogP contribution in [0.15, 0.2) is 18.2 Å². The second kappa shape index (κ2) is 4.12. The number of carbonyl (C=O) groups excluding carboxylic acids is 2. The Hall–Kier alpha value is -1.84. The van der Waals surface area contributed by atoms with Crippen molar-refractivity contribution in [3.05, 3.63) is 29.3 Å². The first kappa shape index (κ1) is 12.6. The molecule has 1 aromatic rings. The zero-order chi connectivity index (χ0) is 13.5. The summed E-state index contributed by atoms with van der Waals surface area (Å²) in [6.07, 6.45) is 1.48. The molecule has 18 heavy (non-hydrogen) atoms. The van der Waals surface area contributed by atoms with Crippen molar-refractivity contribution in [1.29, 1.82) is 0 Å². The van der Waals surface area contributed by atoms with Crippen LogP contribution in [0.3, 0.4) is 0 Å². The quantitative estimate of drug-likeness (QED) is 0.658. The van der Waals surface area contributed by atoms with Crippen molar-refractivity contribution in [2.75, 3.05) is 5.73 Å². The number of nitrogens with two attached hydrogens (primary N) is 1. The number of rotatable bonds is 3. The molecule has 0 saturated carbocycles. The van der Waals surface area contributed by atoms with E-state index in [1.165, 1.54) is 4.90 Å². The van der Waals surface area contributed by atoms with Gasteiger partial charge in [0.25, 0.3) is 11.8 Å². The van der Waals surface area contributed by atoms with Crippen molar-refractivity contribution < 1.29 is 9.59 Å². The number of nitrogen functional groups attached to an aromatic ring is 1. The van der Waals surface area contributed by atoms with E-state index in [-0.39, 0.29) is 11.8 Å². The van der Waals surface area contributed by atoms with Crippen LogP contribution in [0.2, 0.25) is 0 Å². The predicted octanol–water partition coefficient (Wildman–Crippen LogP) is 2.44. The van der Waals surface area contributed by atoms with Gasteiger partial charge >= 0.3 is 0 Å². The minimum Gasteiger partial charge on any atom is -0.399 e. The van der Waals surface area contributed by atoms with Gasteiger partial charge in [-0.3, -0.25) is 14.5 Å². The van der Waals surface area contributed by atoms with E-state index >= 15 is 0 Å². The Morgan fingerprint density at radius 2 is 1.67 bits per heavy atom. The van der Waals surface area contributed by atoms with Crippen molar-refractivity contribution in [2.45, 2.75) is 39.2 Å². The van der Waals surface area contributed by atoms with Gasteiger partial charge < -0.3 is 5.73 Å². The molecule has 2 amide bonds. The molecule has 1 aromatic carbocycles. The van der Waals surface area contributed by atoms with Crippen LogP contribution in [0.1, 0.15) is 54.3 Å². The lowest BCUT2D eigenvalue weighted by atomic mass is 9.93. The highest BCUT2D eigenvalue weighted by molar-refractivity contribution is 6.22. The number of nitrogens with zero attached hydrogens (tertiary/aromatic N) is 1. The molecule has 2 rings (SSSR count). The number of hydrogen-bond acceptors (Lipinski definition) is 3. The van der Waals surface area contributed by atoms with Crippen molar-refractivity contribution >= 4 is 17.5 Å². The van der Waals surface area contributed by atoms with E-state index < -0.39 is 5.54 Å². The van der Waals surface area contributed by atoms with E-state index in [2.05, 4.69) is 0 Å². The van der Waals surface area contributed by atoms with Gasteiger partial charge in [-0.2, -0.15) is 0 Å². The van der Waals surface area contributed by atoms with Gasteiger partial charge in [-0.1, -0.05) is 13.8 Å². The Labute approximate surface area is 107 Å². The average molecular weight is 246 g/mol. The molecule has 2 N–H and O–H groups in total. The van der Waals surface area contributed by atoms with Gasteiger partial charge in [0.2, 0.25) is 0 Å². The van der Waals surface area contributed by atoms with Crippen molar-refractivity contribution in [3.8, 4) is 0 Å². The number of fused-ring (bicyclic) bond motifs is 1. The third-order valence-electron chi connectivity index (χ3n) is 3.97. The highest BCUT2D eigenvalue weighted by Gasteiger charge is 2.44.